The van der Waals surface area contributed by atoms with Crippen molar-refractivity contribution in [3.8, 4) is 23.1 Å². The van der Waals surface area contributed by atoms with E-state index in [2.05, 4.69) is 20.6 Å². The molecule has 23 heavy (non-hydrogen) atoms. The number of anilines is 1. The maximum Gasteiger partial charge on any atom is 0.222 e. The van der Waals surface area contributed by atoms with E-state index in [-0.39, 0.29) is 17.3 Å². The molecule has 7 nitrogen and oxygen atoms in total. The second-order valence-corrected chi connectivity index (χ2v) is 4.75. The Morgan fingerprint density at radius 1 is 1.17 bits per heavy atom. The summed E-state index contributed by atoms with van der Waals surface area (Å²) >= 11 is 0. The summed E-state index contributed by atoms with van der Waals surface area (Å²) in [4.78, 5) is 11.3. The molecule has 0 aliphatic carbocycles. The van der Waals surface area contributed by atoms with Crippen molar-refractivity contribution < 1.29 is 4.79 Å². The SMILES string of the molecule is CC(=O)Nc1c(C#N)cnn1-c1ccc(-c2ccccc2)nn1. The number of hydrogen-bond acceptors (Lipinski definition) is 5. The molecule has 0 aliphatic rings. The molecule has 2 heterocycles. The molecule has 1 amide bonds. The molecule has 3 rings (SSSR count). The molecule has 1 aromatic carbocycles. The van der Waals surface area contributed by atoms with Crippen LogP contribution in [0.4, 0.5) is 5.82 Å². The van der Waals surface area contributed by atoms with Gasteiger partial charge in [-0.3, -0.25) is 4.79 Å². The van der Waals surface area contributed by atoms with E-state index >= 15 is 0 Å². The van der Waals surface area contributed by atoms with E-state index in [1.165, 1.54) is 17.8 Å². The monoisotopic (exact) mass is 304 g/mol. The van der Waals surface area contributed by atoms with Crippen LogP contribution < -0.4 is 5.32 Å². The second kappa shape index (κ2) is 6.07. The van der Waals surface area contributed by atoms with Crippen molar-refractivity contribution >= 4 is 11.7 Å². The normalized spacial score (nSPS) is 10.1. The fraction of sp³-hybridized carbons (Fsp3) is 0.0625. The molecule has 112 valence electrons. The van der Waals surface area contributed by atoms with E-state index in [9.17, 15) is 4.79 Å². The Hall–Kier alpha value is -3.53. The van der Waals surface area contributed by atoms with Gasteiger partial charge >= 0.3 is 0 Å². The smallest absolute Gasteiger partial charge is 0.222 e. The van der Waals surface area contributed by atoms with Crippen molar-refractivity contribution in [2.24, 2.45) is 0 Å². The quantitative estimate of drug-likeness (QED) is 0.799. The van der Waals surface area contributed by atoms with Crippen molar-refractivity contribution in [1.29, 1.82) is 5.26 Å². The van der Waals surface area contributed by atoms with Gasteiger partial charge in [-0.05, 0) is 12.1 Å². The minimum Gasteiger partial charge on any atom is -0.310 e. The molecular weight excluding hydrogens is 292 g/mol. The van der Waals surface area contributed by atoms with Crippen LogP contribution in [0.15, 0.2) is 48.7 Å². The molecule has 0 saturated carbocycles. The molecular formula is C16H12N6O. The number of aromatic nitrogens is 4. The van der Waals surface area contributed by atoms with Gasteiger partial charge < -0.3 is 5.32 Å². The number of benzene rings is 1. The van der Waals surface area contributed by atoms with Crippen molar-refractivity contribution in [1.82, 2.24) is 20.0 Å². The van der Waals surface area contributed by atoms with Gasteiger partial charge in [0.15, 0.2) is 11.6 Å². The minimum absolute atomic E-state index is 0.258. The van der Waals surface area contributed by atoms with Gasteiger partial charge in [-0.25, -0.2) is 0 Å². The predicted octanol–water partition coefficient (Wildman–Crippen LogP) is 2.16. The maximum absolute atomic E-state index is 11.3. The predicted molar refractivity (Wildman–Crippen MR) is 83.6 cm³/mol. The number of rotatable bonds is 3. The lowest BCUT2D eigenvalue weighted by molar-refractivity contribution is -0.114. The highest BCUT2D eigenvalue weighted by Gasteiger charge is 2.14. The zero-order valence-electron chi connectivity index (χ0n) is 12.3. The Morgan fingerprint density at radius 2 is 1.96 bits per heavy atom. The molecule has 0 aliphatic heterocycles. The number of nitrogens with one attached hydrogen (secondary N) is 1. The van der Waals surface area contributed by atoms with Gasteiger partial charge in [-0.1, -0.05) is 30.3 Å². The summed E-state index contributed by atoms with van der Waals surface area (Å²) in [6.07, 6.45) is 1.37. The molecule has 7 heteroatoms. The largest absolute Gasteiger partial charge is 0.310 e. The van der Waals surface area contributed by atoms with Crippen LogP contribution in [-0.2, 0) is 4.79 Å². The fourth-order valence-corrected chi connectivity index (χ4v) is 2.09. The highest BCUT2D eigenvalue weighted by atomic mass is 16.1. The Bertz CT molecular complexity index is 877. The Morgan fingerprint density at radius 3 is 2.57 bits per heavy atom. The third kappa shape index (κ3) is 2.91. The highest BCUT2D eigenvalue weighted by molar-refractivity contribution is 5.89. The first-order valence-electron chi connectivity index (χ1n) is 6.84. The van der Waals surface area contributed by atoms with Gasteiger partial charge in [0.05, 0.1) is 11.9 Å². The summed E-state index contributed by atoms with van der Waals surface area (Å²) in [5.41, 5.74) is 1.93. The lowest BCUT2D eigenvalue weighted by Crippen LogP contribution is -2.13. The van der Waals surface area contributed by atoms with Crippen LogP contribution in [0.5, 0.6) is 0 Å². The van der Waals surface area contributed by atoms with Crippen molar-refractivity contribution in [3.05, 3.63) is 54.2 Å². The average Bonchev–Trinajstić information content (AvgIpc) is 2.98. The van der Waals surface area contributed by atoms with E-state index in [1.54, 1.807) is 6.07 Å². The highest BCUT2D eigenvalue weighted by Crippen LogP contribution is 2.20. The van der Waals surface area contributed by atoms with Gasteiger partial charge in [0.25, 0.3) is 0 Å². The number of carbonyl (C=O) groups is 1. The molecule has 0 fully saturated rings. The third-order valence-electron chi connectivity index (χ3n) is 3.12. The van der Waals surface area contributed by atoms with E-state index in [0.717, 1.165) is 11.3 Å². The summed E-state index contributed by atoms with van der Waals surface area (Å²) in [6.45, 7) is 1.36. The topological polar surface area (TPSA) is 96.5 Å². The standard InChI is InChI=1S/C16H12N6O/c1-11(23)19-16-13(9-17)10-18-22(16)15-8-7-14(20-21-15)12-5-3-2-4-6-12/h2-8,10H,1H3,(H,19,23). The fourth-order valence-electron chi connectivity index (χ4n) is 2.09. The van der Waals surface area contributed by atoms with Gasteiger partial charge in [0.1, 0.15) is 11.6 Å². The lowest BCUT2D eigenvalue weighted by Gasteiger charge is -2.07. The van der Waals surface area contributed by atoms with Crippen molar-refractivity contribution in [2.75, 3.05) is 5.32 Å². The Labute approximate surface area is 132 Å². The van der Waals surface area contributed by atoms with Gasteiger partial charge in [-0.15, -0.1) is 10.2 Å². The molecule has 0 atom stereocenters. The van der Waals surface area contributed by atoms with E-state index in [1.807, 2.05) is 42.5 Å². The van der Waals surface area contributed by atoms with Crippen LogP contribution in [0.2, 0.25) is 0 Å². The summed E-state index contributed by atoms with van der Waals surface area (Å²) in [5.74, 6) is 0.397. The molecule has 0 unspecified atom stereocenters. The zero-order chi connectivity index (χ0) is 16.2. The molecule has 0 radical (unpaired) electrons. The van der Waals surface area contributed by atoms with Gasteiger partial charge in [0.2, 0.25) is 5.91 Å². The van der Waals surface area contributed by atoms with Crippen LogP contribution in [0.25, 0.3) is 17.1 Å². The van der Waals surface area contributed by atoms with Crippen LogP contribution in [0.3, 0.4) is 0 Å². The summed E-state index contributed by atoms with van der Waals surface area (Å²) in [7, 11) is 0. The summed E-state index contributed by atoms with van der Waals surface area (Å²) in [6, 6.07) is 15.2. The molecule has 1 N–H and O–H groups in total. The number of nitrogens with zero attached hydrogens (tertiary/aromatic N) is 5. The van der Waals surface area contributed by atoms with Gasteiger partial charge in [0, 0.05) is 12.5 Å². The van der Waals surface area contributed by atoms with Gasteiger partial charge in [-0.2, -0.15) is 15.0 Å². The van der Waals surface area contributed by atoms with E-state index in [0.29, 0.717) is 5.82 Å². The van der Waals surface area contributed by atoms with E-state index < -0.39 is 0 Å². The van der Waals surface area contributed by atoms with Crippen molar-refractivity contribution in [3.63, 3.8) is 0 Å². The first-order chi connectivity index (χ1) is 11.2. The summed E-state index contributed by atoms with van der Waals surface area (Å²) < 4.78 is 1.38. The number of nitriles is 1. The first kappa shape index (κ1) is 14.4. The average molecular weight is 304 g/mol. The lowest BCUT2D eigenvalue weighted by atomic mass is 10.1. The molecule has 0 spiro atoms. The Kier molecular flexibility index (Phi) is 3.80. The third-order valence-corrected chi connectivity index (χ3v) is 3.12. The van der Waals surface area contributed by atoms with Crippen LogP contribution in [-0.4, -0.2) is 25.9 Å². The first-order valence-corrected chi connectivity index (χ1v) is 6.84. The van der Waals surface area contributed by atoms with Crippen molar-refractivity contribution in [2.45, 2.75) is 6.92 Å². The molecule has 0 saturated heterocycles. The molecule has 3 aromatic rings. The minimum atomic E-state index is -0.294. The second-order valence-electron chi connectivity index (χ2n) is 4.75. The zero-order valence-corrected chi connectivity index (χ0v) is 12.3. The van der Waals surface area contributed by atoms with Crippen LogP contribution >= 0.6 is 0 Å². The van der Waals surface area contributed by atoms with Crippen LogP contribution in [0, 0.1) is 11.3 Å². The van der Waals surface area contributed by atoms with Crippen LogP contribution in [0.1, 0.15) is 12.5 Å². The number of hydrogen-bond donors (Lipinski definition) is 1. The number of amides is 1. The summed E-state index contributed by atoms with van der Waals surface area (Å²) in [5, 5.41) is 24.1. The molecule has 0 bridgehead atoms. The number of carbonyl (C=O) groups excluding carboxylic acids is 1. The van der Waals surface area contributed by atoms with E-state index in [4.69, 9.17) is 5.26 Å². The molecule has 2 aromatic heterocycles. The maximum atomic E-state index is 11.3. The Balaban J connectivity index is 1.99.